The van der Waals surface area contributed by atoms with Crippen LogP contribution in [0.15, 0.2) is 30.9 Å². The fourth-order valence-electron chi connectivity index (χ4n) is 1.36. The van der Waals surface area contributed by atoms with Crippen LogP contribution in [0.5, 0.6) is 11.5 Å². The van der Waals surface area contributed by atoms with Gasteiger partial charge in [-0.15, -0.1) is 0 Å². The Kier molecular flexibility index (Phi) is 5.43. The minimum Gasteiger partial charge on any atom is -0.493 e. The molecule has 1 aromatic rings. The number of rotatable bonds is 7. The van der Waals surface area contributed by atoms with Gasteiger partial charge in [-0.1, -0.05) is 25.6 Å². The van der Waals surface area contributed by atoms with Gasteiger partial charge in [0.2, 0.25) is 0 Å². The highest BCUT2D eigenvalue weighted by Crippen LogP contribution is 2.27. The van der Waals surface area contributed by atoms with Gasteiger partial charge in [0.25, 0.3) is 0 Å². The summed E-state index contributed by atoms with van der Waals surface area (Å²) in [5.74, 6) is 1.51. The van der Waals surface area contributed by atoms with Crippen molar-refractivity contribution in [2.75, 3.05) is 20.3 Å². The van der Waals surface area contributed by atoms with Crippen LogP contribution in [-0.2, 0) is 6.54 Å². The van der Waals surface area contributed by atoms with E-state index in [1.165, 1.54) is 5.56 Å². The van der Waals surface area contributed by atoms with Gasteiger partial charge in [0.1, 0.15) is 6.61 Å². The van der Waals surface area contributed by atoms with Crippen LogP contribution < -0.4 is 14.8 Å². The number of hydrogen-bond donors (Lipinski definition) is 1. The van der Waals surface area contributed by atoms with Crippen molar-refractivity contribution in [3.63, 3.8) is 0 Å². The van der Waals surface area contributed by atoms with Crippen LogP contribution in [0.25, 0.3) is 0 Å². The molecule has 0 amide bonds. The van der Waals surface area contributed by atoms with Crippen molar-refractivity contribution in [3.8, 4) is 11.5 Å². The van der Waals surface area contributed by atoms with E-state index in [9.17, 15) is 0 Å². The van der Waals surface area contributed by atoms with Crippen molar-refractivity contribution in [3.05, 3.63) is 36.4 Å². The van der Waals surface area contributed by atoms with Crippen LogP contribution in [0.4, 0.5) is 0 Å². The lowest BCUT2D eigenvalue weighted by atomic mass is 10.2. The summed E-state index contributed by atoms with van der Waals surface area (Å²) >= 11 is 0. The normalized spacial score (nSPS) is 9.88. The Hall–Kier alpha value is -1.48. The summed E-state index contributed by atoms with van der Waals surface area (Å²) in [6.45, 7) is 7.98. The number of nitrogens with one attached hydrogen (secondary N) is 1. The van der Waals surface area contributed by atoms with Crippen LogP contribution >= 0.6 is 0 Å². The zero-order chi connectivity index (χ0) is 11.8. The van der Waals surface area contributed by atoms with E-state index in [0.29, 0.717) is 6.61 Å². The summed E-state index contributed by atoms with van der Waals surface area (Å²) < 4.78 is 10.7. The summed E-state index contributed by atoms with van der Waals surface area (Å²) in [7, 11) is 1.65. The average molecular weight is 221 g/mol. The summed E-state index contributed by atoms with van der Waals surface area (Å²) in [5.41, 5.74) is 1.18. The Morgan fingerprint density at radius 2 is 2.19 bits per heavy atom. The molecule has 0 atom stereocenters. The van der Waals surface area contributed by atoms with Crippen molar-refractivity contribution in [2.45, 2.75) is 13.5 Å². The summed E-state index contributed by atoms with van der Waals surface area (Å²) in [6.07, 6.45) is 1.71. The van der Waals surface area contributed by atoms with Crippen molar-refractivity contribution in [1.29, 1.82) is 0 Å². The molecule has 3 heteroatoms. The topological polar surface area (TPSA) is 30.5 Å². The Morgan fingerprint density at radius 3 is 2.81 bits per heavy atom. The number of methoxy groups -OCH3 is 1. The number of ether oxygens (including phenoxy) is 2. The molecule has 1 aromatic carbocycles. The summed E-state index contributed by atoms with van der Waals surface area (Å²) in [4.78, 5) is 0. The van der Waals surface area contributed by atoms with E-state index in [0.717, 1.165) is 24.6 Å². The van der Waals surface area contributed by atoms with Gasteiger partial charge in [0.15, 0.2) is 11.5 Å². The second-order valence-electron chi connectivity index (χ2n) is 3.37. The second-order valence-corrected chi connectivity index (χ2v) is 3.37. The summed E-state index contributed by atoms with van der Waals surface area (Å²) in [5, 5.41) is 3.27. The van der Waals surface area contributed by atoms with Gasteiger partial charge in [0.05, 0.1) is 7.11 Å². The molecular weight excluding hydrogens is 202 g/mol. The third kappa shape index (κ3) is 3.59. The van der Waals surface area contributed by atoms with Crippen LogP contribution in [0.2, 0.25) is 0 Å². The molecule has 0 aromatic heterocycles. The molecule has 3 nitrogen and oxygen atoms in total. The first-order valence-corrected chi connectivity index (χ1v) is 5.43. The van der Waals surface area contributed by atoms with Crippen LogP contribution in [0.3, 0.4) is 0 Å². The van der Waals surface area contributed by atoms with Gasteiger partial charge in [-0.25, -0.2) is 0 Å². The van der Waals surface area contributed by atoms with E-state index in [2.05, 4.69) is 18.8 Å². The van der Waals surface area contributed by atoms with E-state index in [1.54, 1.807) is 13.2 Å². The lowest BCUT2D eigenvalue weighted by molar-refractivity contribution is 0.326. The number of hydrogen-bond acceptors (Lipinski definition) is 3. The lowest BCUT2D eigenvalue weighted by Crippen LogP contribution is -2.11. The fourth-order valence-corrected chi connectivity index (χ4v) is 1.36. The van der Waals surface area contributed by atoms with Crippen LogP contribution in [0, 0.1) is 0 Å². The third-order valence-electron chi connectivity index (χ3n) is 2.16. The summed E-state index contributed by atoms with van der Waals surface area (Å²) in [6, 6.07) is 5.94. The first-order chi connectivity index (χ1) is 7.81. The van der Waals surface area contributed by atoms with Crippen LogP contribution in [-0.4, -0.2) is 20.3 Å². The second kappa shape index (κ2) is 6.90. The monoisotopic (exact) mass is 221 g/mol. The van der Waals surface area contributed by atoms with Gasteiger partial charge in [-0.3, -0.25) is 0 Å². The van der Waals surface area contributed by atoms with E-state index >= 15 is 0 Å². The van der Waals surface area contributed by atoms with Gasteiger partial charge < -0.3 is 14.8 Å². The molecule has 0 aliphatic heterocycles. The zero-order valence-corrected chi connectivity index (χ0v) is 9.95. The molecule has 88 valence electrons. The molecule has 0 unspecified atom stereocenters. The maximum atomic E-state index is 5.47. The first kappa shape index (κ1) is 12.6. The minimum absolute atomic E-state index is 0.489. The average Bonchev–Trinajstić information content (AvgIpc) is 2.34. The minimum atomic E-state index is 0.489. The number of benzene rings is 1. The molecule has 16 heavy (non-hydrogen) atoms. The molecule has 0 saturated heterocycles. The maximum Gasteiger partial charge on any atom is 0.161 e. The molecule has 0 aliphatic rings. The Morgan fingerprint density at radius 1 is 1.38 bits per heavy atom. The SMILES string of the molecule is C=CCOc1ccc(CNCC)cc1OC. The van der Waals surface area contributed by atoms with E-state index in [-0.39, 0.29) is 0 Å². The quantitative estimate of drug-likeness (QED) is 0.717. The van der Waals surface area contributed by atoms with Gasteiger partial charge >= 0.3 is 0 Å². The van der Waals surface area contributed by atoms with E-state index in [1.807, 2.05) is 18.2 Å². The third-order valence-corrected chi connectivity index (χ3v) is 2.16. The van der Waals surface area contributed by atoms with Crippen molar-refractivity contribution < 1.29 is 9.47 Å². The molecule has 1 N–H and O–H groups in total. The van der Waals surface area contributed by atoms with Gasteiger partial charge in [-0.2, -0.15) is 0 Å². The van der Waals surface area contributed by atoms with E-state index < -0.39 is 0 Å². The molecule has 0 bridgehead atoms. The Balaban J connectivity index is 2.75. The molecule has 0 spiro atoms. The highest BCUT2D eigenvalue weighted by atomic mass is 16.5. The predicted octanol–water partition coefficient (Wildman–Crippen LogP) is 2.37. The molecular formula is C13H19NO2. The van der Waals surface area contributed by atoms with Crippen LogP contribution in [0.1, 0.15) is 12.5 Å². The van der Waals surface area contributed by atoms with Crippen molar-refractivity contribution >= 4 is 0 Å². The highest BCUT2D eigenvalue weighted by molar-refractivity contribution is 5.43. The molecule has 0 saturated carbocycles. The zero-order valence-electron chi connectivity index (χ0n) is 9.95. The fraction of sp³-hybridized carbons (Fsp3) is 0.385. The molecule has 1 rings (SSSR count). The molecule has 0 heterocycles. The largest absolute Gasteiger partial charge is 0.493 e. The standard InChI is InChI=1S/C13H19NO2/c1-4-8-16-12-7-6-11(10-14-5-2)9-13(12)15-3/h4,6-7,9,14H,1,5,8,10H2,2-3H3. The van der Waals surface area contributed by atoms with Gasteiger partial charge in [0, 0.05) is 6.54 Å². The molecule has 0 aliphatic carbocycles. The highest BCUT2D eigenvalue weighted by Gasteiger charge is 2.04. The lowest BCUT2D eigenvalue weighted by Gasteiger charge is -2.11. The van der Waals surface area contributed by atoms with Gasteiger partial charge in [-0.05, 0) is 24.2 Å². The molecule has 0 fully saturated rings. The van der Waals surface area contributed by atoms with E-state index in [4.69, 9.17) is 9.47 Å². The first-order valence-electron chi connectivity index (χ1n) is 5.43. The van der Waals surface area contributed by atoms with Crippen molar-refractivity contribution in [2.24, 2.45) is 0 Å². The molecule has 0 radical (unpaired) electrons. The Labute approximate surface area is 97.1 Å². The Bertz CT molecular complexity index is 337. The smallest absolute Gasteiger partial charge is 0.161 e. The maximum absolute atomic E-state index is 5.47. The predicted molar refractivity (Wildman–Crippen MR) is 66.1 cm³/mol. The van der Waals surface area contributed by atoms with Crippen molar-refractivity contribution in [1.82, 2.24) is 5.32 Å².